The van der Waals surface area contributed by atoms with Gasteiger partial charge in [0.05, 0.1) is 7.11 Å². The van der Waals surface area contributed by atoms with E-state index in [0.29, 0.717) is 13.1 Å². The molecule has 1 atom stereocenters. The van der Waals surface area contributed by atoms with Gasteiger partial charge in [-0.05, 0) is 24.1 Å². The third-order valence-corrected chi connectivity index (χ3v) is 3.35. The predicted molar refractivity (Wildman–Crippen MR) is 72.6 cm³/mol. The molecular weight excluding hydrogens is 305 g/mol. The van der Waals surface area contributed by atoms with Crippen LogP contribution in [0.25, 0.3) is 0 Å². The van der Waals surface area contributed by atoms with Gasteiger partial charge in [-0.2, -0.15) is 0 Å². The molecule has 94 valence electrons. The number of alkyl halides is 1. The molecule has 0 aromatic heterocycles. The number of carbonyl (C=O) groups is 1. The van der Waals surface area contributed by atoms with E-state index < -0.39 is 0 Å². The van der Waals surface area contributed by atoms with Gasteiger partial charge in [0, 0.05) is 18.1 Å². The normalized spacial score (nSPS) is 12.2. The Morgan fingerprint density at radius 3 is 2.88 bits per heavy atom. The highest BCUT2D eigenvalue weighted by Crippen LogP contribution is 2.17. The third kappa shape index (κ3) is 4.66. The van der Waals surface area contributed by atoms with Crippen LogP contribution in [0.1, 0.15) is 11.1 Å². The van der Waals surface area contributed by atoms with E-state index in [1.165, 1.54) is 7.11 Å². The smallest absolute Gasteiger partial charge is 0.320 e. The number of carbonyl (C=O) groups excluding carboxylic acids is 1. The molecule has 1 aromatic carbocycles. The van der Waals surface area contributed by atoms with Gasteiger partial charge in [-0.25, -0.2) is 0 Å². The zero-order chi connectivity index (χ0) is 12.8. The van der Waals surface area contributed by atoms with Crippen LogP contribution in [0.5, 0.6) is 0 Å². The molecule has 1 rings (SSSR count). The Labute approximate surface area is 115 Å². The lowest BCUT2D eigenvalue weighted by Crippen LogP contribution is -2.29. The van der Waals surface area contributed by atoms with Crippen LogP contribution in [-0.4, -0.2) is 24.5 Å². The molecule has 0 radical (unpaired) electrons. The molecule has 3 nitrogen and oxygen atoms in total. The topological polar surface area (TPSA) is 38.3 Å². The van der Waals surface area contributed by atoms with Crippen molar-refractivity contribution in [3.8, 4) is 0 Å². The summed E-state index contributed by atoms with van der Waals surface area (Å²) in [4.78, 5) is 10.8. The zero-order valence-corrected chi connectivity index (χ0v) is 12.1. The van der Waals surface area contributed by atoms with Crippen molar-refractivity contribution in [3.05, 3.63) is 34.3 Å². The SMILES string of the molecule is COC(=O)C(Br)CNCc1ccc(C)cc1Cl. The Bertz CT molecular complexity index is 398. The largest absolute Gasteiger partial charge is 0.468 e. The molecule has 1 aromatic rings. The second-order valence-corrected chi connectivity index (χ2v) is 5.23. The van der Waals surface area contributed by atoms with Crippen molar-refractivity contribution < 1.29 is 9.53 Å². The fourth-order valence-corrected chi connectivity index (χ4v) is 2.06. The number of methoxy groups -OCH3 is 1. The Morgan fingerprint density at radius 2 is 2.29 bits per heavy atom. The van der Waals surface area contributed by atoms with Gasteiger partial charge in [-0.3, -0.25) is 4.79 Å². The molecule has 0 amide bonds. The van der Waals surface area contributed by atoms with Gasteiger partial charge in [0.15, 0.2) is 0 Å². The highest BCUT2D eigenvalue weighted by atomic mass is 79.9. The van der Waals surface area contributed by atoms with Crippen LogP contribution in [0, 0.1) is 6.92 Å². The monoisotopic (exact) mass is 319 g/mol. The van der Waals surface area contributed by atoms with Crippen molar-refractivity contribution >= 4 is 33.5 Å². The summed E-state index contributed by atoms with van der Waals surface area (Å²) in [6.45, 7) is 3.12. The lowest BCUT2D eigenvalue weighted by Gasteiger charge is -2.10. The molecule has 17 heavy (non-hydrogen) atoms. The van der Waals surface area contributed by atoms with E-state index in [0.717, 1.165) is 16.1 Å². The predicted octanol–water partition coefficient (Wildman–Crippen LogP) is 2.67. The minimum absolute atomic E-state index is 0.285. The average molecular weight is 321 g/mol. The van der Waals surface area contributed by atoms with E-state index in [-0.39, 0.29) is 10.8 Å². The Balaban J connectivity index is 2.43. The second kappa shape index (κ2) is 6.99. The Hall–Kier alpha value is -0.580. The maximum absolute atomic E-state index is 11.1. The maximum atomic E-state index is 11.1. The summed E-state index contributed by atoms with van der Waals surface area (Å²) in [6, 6.07) is 5.91. The molecule has 1 N–H and O–H groups in total. The number of rotatable bonds is 5. The number of nitrogens with one attached hydrogen (secondary N) is 1. The van der Waals surface area contributed by atoms with Gasteiger partial charge in [0.1, 0.15) is 4.83 Å². The molecule has 0 saturated carbocycles. The summed E-state index contributed by atoms with van der Waals surface area (Å²) >= 11 is 9.33. The fourth-order valence-electron chi connectivity index (χ4n) is 1.34. The Kier molecular flexibility index (Phi) is 5.95. The molecule has 0 bridgehead atoms. The van der Waals surface area contributed by atoms with Crippen molar-refractivity contribution in [1.29, 1.82) is 0 Å². The number of ether oxygens (including phenoxy) is 1. The van der Waals surface area contributed by atoms with Crippen molar-refractivity contribution in [1.82, 2.24) is 5.32 Å². The average Bonchev–Trinajstić information content (AvgIpc) is 2.30. The fraction of sp³-hybridized carbons (Fsp3) is 0.417. The molecular formula is C12H15BrClNO2. The number of hydrogen-bond donors (Lipinski definition) is 1. The van der Waals surface area contributed by atoms with Gasteiger partial charge < -0.3 is 10.1 Å². The molecule has 0 spiro atoms. The van der Waals surface area contributed by atoms with Gasteiger partial charge in [-0.15, -0.1) is 0 Å². The van der Waals surface area contributed by atoms with E-state index in [4.69, 9.17) is 11.6 Å². The van der Waals surface area contributed by atoms with E-state index in [1.807, 2.05) is 25.1 Å². The molecule has 0 aliphatic heterocycles. The summed E-state index contributed by atoms with van der Waals surface area (Å²) < 4.78 is 4.60. The maximum Gasteiger partial charge on any atom is 0.320 e. The van der Waals surface area contributed by atoms with Gasteiger partial charge in [-0.1, -0.05) is 39.7 Å². The summed E-state index contributed by atoms with van der Waals surface area (Å²) in [6.07, 6.45) is 0. The van der Waals surface area contributed by atoms with Crippen LogP contribution < -0.4 is 5.32 Å². The number of hydrogen-bond acceptors (Lipinski definition) is 3. The Morgan fingerprint density at radius 1 is 1.59 bits per heavy atom. The number of benzene rings is 1. The lowest BCUT2D eigenvalue weighted by molar-refractivity contribution is -0.139. The first kappa shape index (κ1) is 14.5. The quantitative estimate of drug-likeness (QED) is 0.669. The van der Waals surface area contributed by atoms with Crippen molar-refractivity contribution in [3.63, 3.8) is 0 Å². The van der Waals surface area contributed by atoms with Crippen LogP contribution in [-0.2, 0) is 16.1 Å². The van der Waals surface area contributed by atoms with Crippen molar-refractivity contribution in [2.75, 3.05) is 13.7 Å². The van der Waals surface area contributed by atoms with E-state index in [1.54, 1.807) is 0 Å². The van der Waals surface area contributed by atoms with E-state index in [9.17, 15) is 4.79 Å². The first-order valence-electron chi connectivity index (χ1n) is 5.22. The van der Waals surface area contributed by atoms with Gasteiger partial charge in [0.2, 0.25) is 0 Å². The van der Waals surface area contributed by atoms with Crippen LogP contribution in [0.3, 0.4) is 0 Å². The summed E-state index contributed by atoms with van der Waals surface area (Å²) in [7, 11) is 1.37. The molecule has 0 fully saturated rings. The van der Waals surface area contributed by atoms with E-state index in [2.05, 4.69) is 26.0 Å². The molecule has 5 heteroatoms. The molecule has 0 aliphatic rings. The lowest BCUT2D eigenvalue weighted by atomic mass is 10.1. The zero-order valence-electron chi connectivity index (χ0n) is 9.80. The van der Waals surface area contributed by atoms with Gasteiger partial charge >= 0.3 is 5.97 Å². The number of esters is 1. The first-order chi connectivity index (χ1) is 8.04. The number of aryl methyl sites for hydroxylation is 1. The van der Waals surface area contributed by atoms with E-state index >= 15 is 0 Å². The highest BCUT2D eigenvalue weighted by molar-refractivity contribution is 9.10. The highest BCUT2D eigenvalue weighted by Gasteiger charge is 2.14. The molecule has 0 saturated heterocycles. The summed E-state index contributed by atoms with van der Waals surface area (Å²) in [5.41, 5.74) is 2.15. The number of halogens is 2. The molecule has 1 unspecified atom stereocenters. The van der Waals surface area contributed by atoms with Crippen molar-refractivity contribution in [2.24, 2.45) is 0 Å². The van der Waals surface area contributed by atoms with Crippen LogP contribution in [0.15, 0.2) is 18.2 Å². The third-order valence-electron chi connectivity index (χ3n) is 2.30. The first-order valence-corrected chi connectivity index (χ1v) is 6.51. The molecule has 0 heterocycles. The minimum Gasteiger partial charge on any atom is -0.468 e. The molecule has 0 aliphatic carbocycles. The van der Waals surface area contributed by atoms with Crippen LogP contribution in [0.2, 0.25) is 5.02 Å². The van der Waals surface area contributed by atoms with Crippen molar-refractivity contribution in [2.45, 2.75) is 18.3 Å². The summed E-state index contributed by atoms with van der Waals surface area (Å²) in [5.74, 6) is -0.285. The standard InChI is InChI=1S/C12H15BrClNO2/c1-8-3-4-9(11(14)5-8)6-15-7-10(13)12(16)17-2/h3-5,10,15H,6-7H2,1-2H3. The minimum atomic E-state index is -0.336. The van der Waals surface area contributed by atoms with Crippen LogP contribution in [0.4, 0.5) is 0 Å². The second-order valence-electron chi connectivity index (χ2n) is 3.72. The van der Waals surface area contributed by atoms with Gasteiger partial charge in [0.25, 0.3) is 0 Å². The summed E-state index contributed by atoms with van der Waals surface area (Å²) in [5, 5.41) is 3.88. The van der Waals surface area contributed by atoms with Crippen LogP contribution >= 0.6 is 27.5 Å².